The topological polar surface area (TPSA) is 55.8 Å². The Morgan fingerprint density at radius 2 is 1.52 bits per heavy atom. The third kappa shape index (κ3) is 5.72. The van der Waals surface area contributed by atoms with Gasteiger partial charge in [-0.2, -0.15) is 0 Å². The summed E-state index contributed by atoms with van der Waals surface area (Å²) in [5.41, 5.74) is 1.38. The molecule has 1 atom stereocenters. The van der Waals surface area contributed by atoms with Crippen LogP contribution in [0.15, 0.2) is 0 Å². The number of carbonyl (C=O) groups excluding carboxylic acids is 1. The predicted octanol–water partition coefficient (Wildman–Crippen LogP) is 3.88. The zero-order chi connectivity index (χ0) is 16.6. The number of carbonyl (C=O) groups is 1. The van der Waals surface area contributed by atoms with Crippen LogP contribution in [0.4, 0.5) is 0 Å². The van der Waals surface area contributed by atoms with Crippen molar-refractivity contribution in [3.63, 3.8) is 0 Å². The molecule has 1 N–H and O–H groups in total. The Balaban J connectivity index is 5.17. The van der Waals surface area contributed by atoms with Gasteiger partial charge in [0, 0.05) is 6.61 Å². The highest BCUT2D eigenvalue weighted by Gasteiger charge is 2.46. The lowest BCUT2D eigenvalue weighted by Crippen LogP contribution is -2.50. The molecule has 0 amide bonds. The van der Waals surface area contributed by atoms with Gasteiger partial charge in [-0.15, -0.1) is 0 Å². The lowest BCUT2D eigenvalue weighted by Gasteiger charge is -2.44. The lowest BCUT2D eigenvalue weighted by atomic mass is 10.2. The smallest absolute Gasteiger partial charge is 0.308 e. The van der Waals surface area contributed by atoms with E-state index in [1.54, 1.807) is 6.92 Å². The van der Waals surface area contributed by atoms with Crippen molar-refractivity contribution in [2.24, 2.45) is 0 Å². The van der Waals surface area contributed by atoms with Crippen molar-refractivity contribution in [2.45, 2.75) is 84.0 Å². The van der Waals surface area contributed by atoms with E-state index in [1.807, 2.05) is 0 Å². The number of hydrogen-bond acceptors (Lipinski definition) is 4. The summed E-state index contributed by atoms with van der Waals surface area (Å²) in [4.78, 5) is 11.8. The van der Waals surface area contributed by atoms with Crippen LogP contribution in [-0.4, -0.2) is 38.7 Å². The van der Waals surface area contributed by atoms with Crippen LogP contribution >= 0.6 is 0 Å². The van der Waals surface area contributed by atoms with Gasteiger partial charge in [0.05, 0.1) is 19.1 Å². The van der Waals surface area contributed by atoms with Crippen LogP contribution in [0.1, 0.15) is 61.3 Å². The van der Waals surface area contributed by atoms with E-state index in [-0.39, 0.29) is 25.1 Å². The van der Waals surface area contributed by atoms with Crippen molar-refractivity contribution in [2.75, 3.05) is 13.2 Å². The van der Waals surface area contributed by atoms with Gasteiger partial charge >= 0.3 is 5.97 Å². The second kappa shape index (κ2) is 9.59. The van der Waals surface area contributed by atoms with Crippen molar-refractivity contribution in [1.82, 2.24) is 0 Å². The Morgan fingerprint density at radius 1 is 1.05 bits per heavy atom. The molecule has 0 aliphatic rings. The molecule has 0 saturated carbocycles. The Bertz CT molecular complexity index is 281. The van der Waals surface area contributed by atoms with Gasteiger partial charge in [-0.3, -0.25) is 4.79 Å². The van der Waals surface area contributed by atoms with Crippen molar-refractivity contribution in [3.05, 3.63) is 0 Å². The van der Waals surface area contributed by atoms with Crippen LogP contribution < -0.4 is 0 Å². The summed E-state index contributed by atoms with van der Waals surface area (Å²) in [6.45, 7) is 15.5. The first-order chi connectivity index (χ1) is 9.72. The first-order valence-corrected chi connectivity index (χ1v) is 10.3. The molecule has 0 rings (SSSR count). The van der Waals surface area contributed by atoms with Gasteiger partial charge in [0.2, 0.25) is 8.32 Å². The van der Waals surface area contributed by atoms with E-state index in [0.717, 1.165) is 0 Å². The molecular formula is C16H34O4Si. The highest BCUT2D eigenvalue weighted by Crippen LogP contribution is 2.43. The SMILES string of the molecule is CCOC(=O)CC(CCO)O[Si](C(C)C)(C(C)C)C(C)C. The number of ether oxygens (including phenoxy) is 1. The van der Waals surface area contributed by atoms with Crippen LogP contribution in [0.5, 0.6) is 0 Å². The zero-order valence-electron chi connectivity index (χ0n) is 14.8. The highest BCUT2D eigenvalue weighted by atomic mass is 28.4. The predicted molar refractivity (Wildman–Crippen MR) is 88.9 cm³/mol. The molecule has 0 aromatic heterocycles. The maximum absolute atomic E-state index is 11.8. The summed E-state index contributed by atoms with van der Waals surface area (Å²) in [5.74, 6) is -0.241. The van der Waals surface area contributed by atoms with E-state index < -0.39 is 8.32 Å². The Kier molecular flexibility index (Phi) is 9.41. The van der Waals surface area contributed by atoms with Crippen LogP contribution in [0.25, 0.3) is 0 Å². The van der Waals surface area contributed by atoms with Gasteiger partial charge in [0.25, 0.3) is 0 Å². The number of rotatable bonds is 10. The van der Waals surface area contributed by atoms with Gasteiger partial charge in [-0.05, 0) is 30.0 Å². The van der Waals surface area contributed by atoms with Crippen molar-refractivity contribution in [3.8, 4) is 0 Å². The average molecular weight is 319 g/mol. The molecule has 5 heteroatoms. The highest BCUT2D eigenvalue weighted by molar-refractivity contribution is 6.77. The summed E-state index contributed by atoms with van der Waals surface area (Å²) < 4.78 is 11.6. The van der Waals surface area contributed by atoms with Crippen molar-refractivity contribution >= 4 is 14.3 Å². The van der Waals surface area contributed by atoms with Crippen LogP contribution in [0.3, 0.4) is 0 Å². The monoisotopic (exact) mass is 318 g/mol. The van der Waals surface area contributed by atoms with Crippen LogP contribution in [-0.2, 0) is 14.0 Å². The minimum Gasteiger partial charge on any atom is -0.466 e. The Morgan fingerprint density at radius 3 is 1.86 bits per heavy atom. The van der Waals surface area contributed by atoms with Crippen LogP contribution in [0, 0.1) is 0 Å². The maximum atomic E-state index is 11.8. The van der Waals surface area contributed by atoms with Crippen molar-refractivity contribution in [1.29, 1.82) is 0 Å². The fourth-order valence-corrected chi connectivity index (χ4v) is 9.04. The van der Waals surface area contributed by atoms with Crippen LogP contribution in [0.2, 0.25) is 16.6 Å². The third-order valence-corrected chi connectivity index (χ3v) is 10.4. The minimum atomic E-state index is -2.04. The quantitative estimate of drug-likeness (QED) is 0.490. The molecule has 0 aromatic rings. The minimum absolute atomic E-state index is 0.0306. The fourth-order valence-electron chi connectivity index (χ4n) is 3.45. The van der Waals surface area contributed by atoms with E-state index in [0.29, 0.717) is 29.7 Å². The molecule has 0 saturated heterocycles. The fraction of sp³-hybridized carbons (Fsp3) is 0.938. The second-order valence-electron chi connectivity index (χ2n) is 6.58. The molecule has 0 spiro atoms. The van der Waals surface area contributed by atoms with Gasteiger partial charge in [-0.25, -0.2) is 0 Å². The molecule has 126 valence electrons. The molecule has 21 heavy (non-hydrogen) atoms. The summed E-state index contributed by atoms with van der Waals surface area (Å²) in [7, 11) is -2.04. The number of hydrogen-bond donors (Lipinski definition) is 1. The van der Waals surface area contributed by atoms with E-state index in [9.17, 15) is 9.90 Å². The molecule has 0 aliphatic carbocycles. The molecule has 0 aliphatic heterocycles. The maximum Gasteiger partial charge on any atom is 0.308 e. The zero-order valence-corrected chi connectivity index (χ0v) is 15.8. The Hall–Kier alpha value is -0.393. The molecule has 1 unspecified atom stereocenters. The third-order valence-electron chi connectivity index (χ3n) is 4.23. The van der Waals surface area contributed by atoms with E-state index in [1.165, 1.54) is 0 Å². The first-order valence-electron chi connectivity index (χ1n) is 8.16. The largest absolute Gasteiger partial charge is 0.466 e. The summed E-state index contributed by atoms with van der Waals surface area (Å²) in [6.07, 6.45) is 0.475. The molecule has 0 aromatic carbocycles. The second-order valence-corrected chi connectivity index (χ2v) is 12.0. The molecule has 0 fully saturated rings. The van der Waals surface area contributed by atoms with Gasteiger partial charge in [-0.1, -0.05) is 41.5 Å². The molecule has 4 nitrogen and oxygen atoms in total. The summed E-state index contributed by atoms with van der Waals surface area (Å²) in [5, 5.41) is 9.28. The van der Waals surface area contributed by atoms with Crippen molar-refractivity contribution < 1.29 is 19.1 Å². The van der Waals surface area contributed by atoms with Gasteiger partial charge in [0.15, 0.2) is 0 Å². The van der Waals surface area contributed by atoms with Gasteiger partial charge < -0.3 is 14.3 Å². The number of aliphatic hydroxyl groups excluding tert-OH is 1. The molecule has 0 radical (unpaired) electrons. The number of esters is 1. The summed E-state index contributed by atoms with van der Waals surface area (Å²) >= 11 is 0. The standard InChI is InChI=1S/C16H34O4Si/c1-8-19-16(18)11-15(9-10-17)20-21(12(2)3,13(4)5)14(6)7/h12-15,17H,8-11H2,1-7H3. The van der Waals surface area contributed by atoms with Gasteiger partial charge in [0.1, 0.15) is 0 Å². The molecule has 0 heterocycles. The Labute approximate surface area is 131 Å². The van der Waals surface area contributed by atoms with E-state index >= 15 is 0 Å². The summed E-state index contributed by atoms with van der Waals surface area (Å²) in [6, 6.07) is 0. The lowest BCUT2D eigenvalue weighted by molar-refractivity contribution is -0.145. The molecular weight excluding hydrogens is 284 g/mol. The first kappa shape index (κ1) is 20.6. The molecule has 0 bridgehead atoms. The normalized spacial score (nSPS) is 14.0. The number of aliphatic hydroxyl groups is 1. The van der Waals surface area contributed by atoms with E-state index in [2.05, 4.69) is 41.5 Å². The average Bonchev–Trinajstić information content (AvgIpc) is 2.34. The van der Waals surface area contributed by atoms with E-state index in [4.69, 9.17) is 9.16 Å².